The van der Waals surface area contributed by atoms with Gasteiger partial charge in [-0.15, -0.1) is 0 Å². The minimum absolute atomic E-state index is 0.306. The van der Waals surface area contributed by atoms with Gasteiger partial charge in [-0.3, -0.25) is 0 Å². The summed E-state index contributed by atoms with van der Waals surface area (Å²) in [4.78, 5) is 2.42. The standard InChI is InChI=1S/C19H35NO2/c1-18(2)15-8-9-19(18,3)17(12-15)22-14-16(21)13-20-10-6-4-5-7-11-20/h15-17,21H,4-14H2,1-3H3/t15-,16-,17-,19-/m1/s1. The Morgan fingerprint density at radius 1 is 1.14 bits per heavy atom. The second-order valence-corrected chi connectivity index (χ2v) is 8.80. The van der Waals surface area contributed by atoms with Crippen molar-refractivity contribution in [3.63, 3.8) is 0 Å². The van der Waals surface area contributed by atoms with Crippen LogP contribution in [0.4, 0.5) is 0 Å². The average Bonchev–Trinajstić information content (AvgIpc) is 2.74. The number of rotatable bonds is 5. The Kier molecular flexibility index (Phi) is 4.87. The highest BCUT2D eigenvalue weighted by atomic mass is 16.5. The Labute approximate surface area is 136 Å². The summed E-state index contributed by atoms with van der Waals surface area (Å²) in [5, 5.41) is 10.4. The number of aliphatic hydroxyl groups excluding tert-OH is 1. The van der Waals surface area contributed by atoms with Crippen molar-refractivity contribution in [1.29, 1.82) is 0 Å². The number of aliphatic hydroxyl groups is 1. The Bertz CT molecular complexity index is 376. The van der Waals surface area contributed by atoms with Crippen molar-refractivity contribution >= 4 is 0 Å². The van der Waals surface area contributed by atoms with Crippen LogP contribution in [0.2, 0.25) is 0 Å². The van der Waals surface area contributed by atoms with Crippen LogP contribution in [0, 0.1) is 16.7 Å². The van der Waals surface area contributed by atoms with E-state index < -0.39 is 0 Å². The third-order valence-corrected chi connectivity index (χ3v) is 7.37. The number of ether oxygens (including phenoxy) is 1. The van der Waals surface area contributed by atoms with Crippen molar-refractivity contribution < 1.29 is 9.84 Å². The van der Waals surface area contributed by atoms with Gasteiger partial charge in [0.25, 0.3) is 0 Å². The fourth-order valence-electron chi connectivity index (χ4n) is 5.28. The molecule has 1 N–H and O–H groups in total. The first-order valence-corrected chi connectivity index (χ1v) is 9.45. The first-order valence-electron chi connectivity index (χ1n) is 9.45. The molecule has 2 saturated carbocycles. The average molecular weight is 309 g/mol. The van der Waals surface area contributed by atoms with E-state index in [0.717, 1.165) is 25.6 Å². The van der Waals surface area contributed by atoms with Gasteiger partial charge in [-0.05, 0) is 61.9 Å². The lowest BCUT2D eigenvalue weighted by molar-refractivity contribution is -0.0791. The summed E-state index contributed by atoms with van der Waals surface area (Å²) >= 11 is 0. The molecule has 2 bridgehead atoms. The van der Waals surface area contributed by atoms with E-state index >= 15 is 0 Å². The van der Waals surface area contributed by atoms with E-state index in [-0.39, 0.29) is 6.10 Å². The summed E-state index contributed by atoms with van der Waals surface area (Å²) < 4.78 is 6.23. The van der Waals surface area contributed by atoms with Gasteiger partial charge in [0.15, 0.2) is 0 Å². The third kappa shape index (κ3) is 2.97. The van der Waals surface area contributed by atoms with Crippen molar-refractivity contribution in [3.8, 4) is 0 Å². The van der Waals surface area contributed by atoms with Crippen LogP contribution in [0.25, 0.3) is 0 Å². The van der Waals surface area contributed by atoms with Crippen LogP contribution >= 0.6 is 0 Å². The Morgan fingerprint density at radius 2 is 1.82 bits per heavy atom. The van der Waals surface area contributed by atoms with Gasteiger partial charge >= 0.3 is 0 Å². The first kappa shape index (κ1) is 16.7. The van der Waals surface area contributed by atoms with Crippen LogP contribution in [0.1, 0.15) is 65.7 Å². The van der Waals surface area contributed by atoms with Crippen LogP contribution in [0.3, 0.4) is 0 Å². The molecule has 3 heteroatoms. The summed E-state index contributed by atoms with van der Waals surface area (Å²) in [5.74, 6) is 0.810. The maximum atomic E-state index is 10.4. The molecule has 0 unspecified atom stereocenters. The van der Waals surface area contributed by atoms with E-state index in [1.807, 2.05) is 0 Å². The maximum absolute atomic E-state index is 10.4. The van der Waals surface area contributed by atoms with Crippen LogP contribution in [0.5, 0.6) is 0 Å². The van der Waals surface area contributed by atoms with Gasteiger partial charge in [-0.25, -0.2) is 0 Å². The van der Waals surface area contributed by atoms with Crippen molar-refractivity contribution in [2.75, 3.05) is 26.2 Å². The highest BCUT2D eigenvalue weighted by Gasteiger charge is 2.61. The normalized spacial score (nSPS) is 39.8. The lowest BCUT2D eigenvalue weighted by Crippen LogP contribution is -2.40. The molecule has 0 amide bonds. The van der Waals surface area contributed by atoms with Crippen molar-refractivity contribution in [2.45, 2.75) is 77.9 Å². The molecule has 3 rings (SSSR count). The van der Waals surface area contributed by atoms with Crippen molar-refractivity contribution in [3.05, 3.63) is 0 Å². The Balaban J connectivity index is 1.46. The van der Waals surface area contributed by atoms with Gasteiger partial charge in [0, 0.05) is 6.54 Å². The maximum Gasteiger partial charge on any atom is 0.0900 e. The zero-order chi connectivity index (χ0) is 15.8. The van der Waals surface area contributed by atoms with Crippen molar-refractivity contribution in [2.24, 2.45) is 16.7 Å². The number of likely N-dealkylation sites (tertiary alicyclic amines) is 1. The van der Waals surface area contributed by atoms with Gasteiger partial charge in [0.05, 0.1) is 18.8 Å². The third-order valence-electron chi connectivity index (χ3n) is 7.37. The molecule has 0 aromatic heterocycles. The number of fused-ring (bicyclic) bond motifs is 2. The first-order chi connectivity index (χ1) is 10.4. The number of hydrogen-bond acceptors (Lipinski definition) is 3. The van der Waals surface area contributed by atoms with Crippen LogP contribution in [-0.2, 0) is 4.74 Å². The summed E-state index contributed by atoms with van der Waals surface area (Å²) in [5.41, 5.74) is 0.702. The van der Waals surface area contributed by atoms with E-state index in [1.54, 1.807) is 0 Å². The van der Waals surface area contributed by atoms with Crippen LogP contribution in [0.15, 0.2) is 0 Å². The smallest absolute Gasteiger partial charge is 0.0900 e. The van der Waals surface area contributed by atoms with E-state index in [9.17, 15) is 5.11 Å². The fraction of sp³-hybridized carbons (Fsp3) is 1.00. The minimum Gasteiger partial charge on any atom is -0.389 e. The molecule has 1 saturated heterocycles. The molecule has 128 valence electrons. The second-order valence-electron chi connectivity index (χ2n) is 8.80. The molecular weight excluding hydrogens is 274 g/mol. The zero-order valence-electron chi connectivity index (χ0n) is 14.8. The zero-order valence-corrected chi connectivity index (χ0v) is 14.8. The monoisotopic (exact) mass is 309 g/mol. The van der Waals surface area contributed by atoms with E-state index in [0.29, 0.717) is 23.5 Å². The molecule has 22 heavy (non-hydrogen) atoms. The largest absolute Gasteiger partial charge is 0.389 e. The number of nitrogens with zero attached hydrogens (tertiary/aromatic N) is 1. The number of hydrogen-bond donors (Lipinski definition) is 1. The predicted octanol–water partition coefficient (Wildman–Crippen LogP) is 3.45. The second kappa shape index (κ2) is 6.41. The molecular formula is C19H35NO2. The van der Waals surface area contributed by atoms with Gasteiger partial charge in [0.1, 0.15) is 0 Å². The Hall–Kier alpha value is -0.120. The molecule has 3 aliphatic rings. The molecule has 0 aromatic carbocycles. The number of β-amino-alcohol motifs (C(OH)–C–C–N with tert-alkyl or cyclic N) is 1. The molecule has 3 nitrogen and oxygen atoms in total. The molecule has 3 fully saturated rings. The van der Waals surface area contributed by atoms with Gasteiger partial charge in [-0.2, -0.15) is 0 Å². The SMILES string of the molecule is CC1(C)[C@@H]2CC[C@]1(C)[C@H](OC[C@H](O)CN1CCCCCC1)C2. The van der Waals surface area contributed by atoms with E-state index in [1.165, 1.54) is 44.9 Å². The van der Waals surface area contributed by atoms with Crippen LogP contribution < -0.4 is 0 Å². The van der Waals surface area contributed by atoms with E-state index in [4.69, 9.17) is 4.74 Å². The minimum atomic E-state index is -0.330. The van der Waals surface area contributed by atoms with E-state index in [2.05, 4.69) is 25.7 Å². The van der Waals surface area contributed by atoms with Crippen LogP contribution in [-0.4, -0.2) is 48.5 Å². The van der Waals surface area contributed by atoms with Gasteiger partial charge < -0.3 is 14.7 Å². The summed E-state index contributed by atoms with van der Waals surface area (Å²) in [6, 6.07) is 0. The van der Waals surface area contributed by atoms with Gasteiger partial charge in [-0.1, -0.05) is 33.6 Å². The topological polar surface area (TPSA) is 32.7 Å². The lowest BCUT2D eigenvalue weighted by Gasteiger charge is -2.39. The molecule has 0 radical (unpaired) electrons. The molecule has 0 spiro atoms. The Morgan fingerprint density at radius 3 is 2.36 bits per heavy atom. The summed E-state index contributed by atoms with van der Waals surface area (Å²) in [6.07, 6.45) is 9.12. The quantitative estimate of drug-likeness (QED) is 0.844. The molecule has 2 aliphatic carbocycles. The fourth-order valence-corrected chi connectivity index (χ4v) is 5.28. The lowest BCUT2D eigenvalue weighted by atomic mass is 9.70. The summed E-state index contributed by atoms with van der Waals surface area (Å²) in [6.45, 7) is 10.8. The molecule has 1 heterocycles. The highest BCUT2D eigenvalue weighted by Crippen LogP contribution is 2.66. The highest BCUT2D eigenvalue weighted by molar-refractivity contribution is 5.11. The van der Waals surface area contributed by atoms with Gasteiger partial charge in [0.2, 0.25) is 0 Å². The molecule has 0 aromatic rings. The summed E-state index contributed by atoms with van der Waals surface area (Å²) in [7, 11) is 0. The predicted molar refractivity (Wildman–Crippen MR) is 89.9 cm³/mol. The molecule has 4 atom stereocenters. The van der Waals surface area contributed by atoms with Crippen molar-refractivity contribution in [1.82, 2.24) is 4.90 Å². The molecule has 1 aliphatic heterocycles.